The molecule has 1 aromatic heterocycles. The molecule has 1 aromatic carbocycles. The van der Waals surface area contributed by atoms with Crippen LogP contribution in [0.4, 0.5) is 0 Å². The first kappa shape index (κ1) is 24.5. The van der Waals surface area contributed by atoms with E-state index in [1.165, 1.54) is 11.1 Å². The first-order chi connectivity index (χ1) is 16.3. The summed E-state index contributed by atoms with van der Waals surface area (Å²) in [5.74, 6) is 0.239. The molecule has 1 N–H and O–H groups in total. The van der Waals surface area contributed by atoms with Crippen LogP contribution in [0, 0.1) is 13.8 Å². The zero-order valence-corrected chi connectivity index (χ0v) is 21.2. The molecular weight excluding hydrogens is 428 g/mol. The Morgan fingerprint density at radius 2 is 1.88 bits per heavy atom. The summed E-state index contributed by atoms with van der Waals surface area (Å²) in [7, 11) is 1.95. The molecule has 2 heterocycles. The molecule has 1 saturated heterocycles. The lowest BCUT2D eigenvalue weighted by molar-refractivity contribution is -0.134. The Morgan fingerprint density at radius 1 is 1.18 bits per heavy atom. The Hall–Kier alpha value is -2.67. The van der Waals surface area contributed by atoms with Crippen LogP contribution in [0.15, 0.2) is 24.3 Å². The number of hydrogen-bond acceptors (Lipinski definition) is 4. The number of amides is 2. The Morgan fingerprint density at radius 3 is 2.50 bits per heavy atom. The van der Waals surface area contributed by atoms with Gasteiger partial charge in [0.05, 0.1) is 17.8 Å². The summed E-state index contributed by atoms with van der Waals surface area (Å²) in [6, 6.07) is 8.26. The predicted octanol–water partition coefficient (Wildman–Crippen LogP) is 3.52. The Labute approximate surface area is 202 Å². The van der Waals surface area contributed by atoms with E-state index in [1.807, 2.05) is 43.5 Å². The van der Waals surface area contributed by atoms with E-state index in [0.717, 1.165) is 36.2 Å². The maximum atomic E-state index is 13.1. The molecule has 2 atom stereocenters. The van der Waals surface area contributed by atoms with Crippen molar-refractivity contribution in [2.75, 3.05) is 19.7 Å². The minimum absolute atomic E-state index is 0.0372. The zero-order chi connectivity index (χ0) is 24.5. The van der Waals surface area contributed by atoms with Gasteiger partial charge in [0, 0.05) is 50.7 Å². The van der Waals surface area contributed by atoms with Crippen molar-refractivity contribution in [1.82, 2.24) is 20.0 Å². The zero-order valence-electron chi connectivity index (χ0n) is 21.2. The summed E-state index contributed by atoms with van der Waals surface area (Å²) in [6.45, 7) is 9.95. The first-order valence-corrected chi connectivity index (χ1v) is 12.6. The van der Waals surface area contributed by atoms with Gasteiger partial charge in [0.15, 0.2) is 0 Å². The maximum Gasteiger partial charge on any atom is 0.222 e. The lowest BCUT2D eigenvalue weighted by atomic mass is 9.71. The van der Waals surface area contributed by atoms with Gasteiger partial charge in [-0.3, -0.25) is 14.3 Å². The van der Waals surface area contributed by atoms with Crippen molar-refractivity contribution in [2.24, 2.45) is 7.05 Å². The molecule has 7 nitrogen and oxygen atoms in total. The van der Waals surface area contributed by atoms with Crippen molar-refractivity contribution in [3.8, 4) is 0 Å². The standard InChI is InChI=1S/C27H38N4O3/c1-6-23(32)28-25-21-10-8-9-11-22(21)27(26(25)34-7-2)14-16-31(17-15-27)24(33)13-12-20-18(3)29-30(5)19(20)4/h8-11,25-26H,6-7,12-17H2,1-5H3,(H,28,32)/t25-,26+/m1/s1. The summed E-state index contributed by atoms with van der Waals surface area (Å²) in [6.07, 6.45) is 3.22. The van der Waals surface area contributed by atoms with E-state index in [1.54, 1.807) is 0 Å². The molecule has 0 unspecified atom stereocenters. The van der Waals surface area contributed by atoms with E-state index in [4.69, 9.17) is 4.74 Å². The van der Waals surface area contributed by atoms with Gasteiger partial charge in [-0.05, 0) is 56.7 Å². The number of benzene rings is 1. The van der Waals surface area contributed by atoms with Crippen LogP contribution in [0.2, 0.25) is 0 Å². The van der Waals surface area contributed by atoms with E-state index in [9.17, 15) is 9.59 Å². The number of aromatic nitrogens is 2. The average molecular weight is 467 g/mol. The number of hydrogen-bond donors (Lipinski definition) is 1. The number of fused-ring (bicyclic) bond motifs is 2. The molecule has 2 amide bonds. The number of nitrogens with one attached hydrogen (secondary N) is 1. The summed E-state index contributed by atoms with van der Waals surface area (Å²) in [5, 5.41) is 7.70. The van der Waals surface area contributed by atoms with Crippen molar-refractivity contribution in [3.63, 3.8) is 0 Å². The highest BCUT2D eigenvalue weighted by Crippen LogP contribution is 2.52. The van der Waals surface area contributed by atoms with Gasteiger partial charge in [0.25, 0.3) is 0 Å². The van der Waals surface area contributed by atoms with Crippen molar-refractivity contribution < 1.29 is 14.3 Å². The van der Waals surface area contributed by atoms with Gasteiger partial charge < -0.3 is 15.0 Å². The molecule has 0 bridgehead atoms. The normalized spacial score (nSPS) is 21.0. The molecule has 184 valence electrons. The largest absolute Gasteiger partial charge is 0.375 e. The van der Waals surface area contributed by atoms with Crippen molar-refractivity contribution in [2.45, 2.75) is 77.4 Å². The highest BCUT2D eigenvalue weighted by atomic mass is 16.5. The number of likely N-dealkylation sites (tertiary alicyclic amines) is 1. The fourth-order valence-corrected chi connectivity index (χ4v) is 6.00. The minimum Gasteiger partial charge on any atom is -0.375 e. The SMILES string of the molecule is CCO[C@H]1[C@H](NC(=O)CC)c2ccccc2C12CCN(C(=O)CCc1c(C)nn(C)c1C)CC2. The highest BCUT2D eigenvalue weighted by Gasteiger charge is 2.54. The number of carbonyl (C=O) groups is 2. The third kappa shape index (κ3) is 4.26. The molecule has 7 heteroatoms. The number of nitrogens with zero attached hydrogens (tertiary/aromatic N) is 3. The number of ether oxygens (including phenoxy) is 1. The summed E-state index contributed by atoms with van der Waals surface area (Å²) < 4.78 is 8.23. The number of piperidine rings is 1. The smallest absolute Gasteiger partial charge is 0.222 e. The number of aryl methyl sites for hydroxylation is 2. The molecule has 1 aliphatic carbocycles. The summed E-state index contributed by atoms with van der Waals surface area (Å²) in [5.41, 5.74) is 5.55. The lowest BCUT2D eigenvalue weighted by Crippen LogP contribution is -2.52. The fraction of sp³-hybridized carbons (Fsp3) is 0.593. The van der Waals surface area contributed by atoms with Crippen LogP contribution in [0.3, 0.4) is 0 Å². The summed E-state index contributed by atoms with van der Waals surface area (Å²) >= 11 is 0. The van der Waals surface area contributed by atoms with Gasteiger partial charge in [-0.25, -0.2) is 0 Å². The van der Waals surface area contributed by atoms with Gasteiger partial charge in [-0.1, -0.05) is 31.2 Å². The van der Waals surface area contributed by atoms with Crippen LogP contribution in [-0.2, 0) is 33.2 Å². The maximum absolute atomic E-state index is 13.1. The van der Waals surface area contributed by atoms with Gasteiger partial charge in [-0.2, -0.15) is 5.10 Å². The van der Waals surface area contributed by atoms with E-state index in [-0.39, 0.29) is 29.4 Å². The Kier molecular flexibility index (Phi) is 7.12. The molecule has 1 fully saturated rings. The number of rotatable bonds is 7. The van der Waals surface area contributed by atoms with Crippen LogP contribution < -0.4 is 5.32 Å². The van der Waals surface area contributed by atoms with Crippen LogP contribution >= 0.6 is 0 Å². The monoisotopic (exact) mass is 466 g/mol. The lowest BCUT2D eigenvalue weighted by Gasteiger charge is -2.44. The van der Waals surface area contributed by atoms with Crippen LogP contribution in [0.1, 0.15) is 73.7 Å². The topological polar surface area (TPSA) is 76.5 Å². The Bertz CT molecular complexity index is 1050. The highest BCUT2D eigenvalue weighted by molar-refractivity contribution is 5.77. The minimum atomic E-state index is -0.189. The first-order valence-electron chi connectivity index (χ1n) is 12.6. The van der Waals surface area contributed by atoms with E-state index in [2.05, 4.69) is 35.5 Å². The van der Waals surface area contributed by atoms with E-state index < -0.39 is 0 Å². The molecule has 2 aromatic rings. The van der Waals surface area contributed by atoms with Gasteiger partial charge in [-0.15, -0.1) is 0 Å². The second-order valence-electron chi connectivity index (χ2n) is 9.67. The predicted molar refractivity (Wildman–Crippen MR) is 132 cm³/mol. The van der Waals surface area contributed by atoms with Crippen LogP contribution in [0.5, 0.6) is 0 Å². The van der Waals surface area contributed by atoms with Crippen LogP contribution in [-0.4, -0.2) is 52.3 Å². The fourth-order valence-electron chi connectivity index (χ4n) is 6.00. The van der Waals surface area contributed by atoms with Gasteiger partial charge in [0.2, 0.25) is 11.8 Å². The third-order valence-corrected chi connectivity index (χ3v) is 7.92. The van der Waals surface area contributed by atoms with Gasteiger partial charge in [0.1, 0.15) is 0 Å². The van der Waals surface area contributed by atoms with Crippen LogP contribution in [0.25, 0.3) is 0 Å². The molecular formula is C27H38N4O3. The van der Waals surface area contributed by atoms with E-state index >= 15 is 0 Å². The van der Waals surface area contributed by atoms with E-state index in [0.29, 0.717) is 32.5 Å². The molecule has 0 radical (unpaired) electrons. The quantitative estimate of drug-likeness (QED) is 0.678. The second-order valence-corrected chi connectivity index (χ2v) is 9.67. The average Bonchev–Trinajstić information content (AvgIpc) is 3.23. The van der Waals surface area contributed by atoms with Crippen molar-refractivity contribution in [1.29, 1.82) is 0 Å². The van der Waals surface area contributed by atoms with Crippen molar-refractivity contribution >= 4 is 11.8 Å². The molecule has 34 heavy (non-hydrogen) atoms. The van der Waals surface area contributed by atoms with Crippen molar-refractivity contribution in [3.05, 3.63) is 52.3 Å². The summed E-state index contributed by atoms with van der Waals surface area (Å²) in [4.78, 5) is 27.5. The number of carbonyl (C=O) groups excluding carboxylic acids is 2. The third-order valence-electron chi connectivity index (χ3n) is 7.92. The molecule has 1 spiro atoms. The van der Waals surface area contributed by atoms with Gasteiger partial charge >= 0.3 is 0 Å². The molecule has 2 aliphatic rings. The molecule has 4 rings (SSSR count). The second kappa shape index (κ2) is 9.90. The molecule has 1 aliphatic heterocycles. The molecule has 0 saturated carbocycles. The Balaban J connectivity index is 1.50.